The minimum Gasteiger partial charge on any atom is -0.462 e. The molecule has 0 bridgehead atoms. The van der Waals surface area contributed by atoms with E-state index < -0.39 is 7.12 Å². The topological polar surface area (TPSA) is 56.8 Å². The third-order valence-electron chi connectivity index (χ3n) is 4.37. The van der Waals surface area contributed by atoms with Crippen molar-refractivity contribution in [2.75, 3.05) is 20.2 Å². The Morgan fingerprint density at radius 3 is 2.46 bits per heavy atom. The number of ether oxygens (including phenoxy) is 1. The molecule has 1 aliphatic heterocycles. The van der Waals surface area contributed by atoms with Gasteiger partial charge >= 0.3 is 13.1 Å². The van der Waals surface area contributed by atoms with Crippen molar-refractivity contribution in [3.05, 3.63) is 27.4 Å². The van der Waals surface area contributed by atoms with Crippen LogP contribution in [0.3, 0.4) is 0 Å². The van der Waals surface area contributed by atoms with Crippen molar-refractivity contribution in [1.29, 1.82) is 0 Å². The molecule has 1 N–H and O–H groups in total. The van der Waals surface area contributed by atoms with Crippen molar-refractivity contribution in [2.45, 2.75) is 45.8 Å². The lowest BCUT2D eigenvalue weighted by molar-refractivity contribution is 0.00578. The predicted molar refractivity (Wildman–Crippen MR) is 98.3 cm³/mol. The fraction of sp³-hybridized carbons (Fsp3) is 0.588. The van der Waals surface area contributed by atoms with Crippen molar-refractivity contribution in [3.63, 3.8) is 0 Å². The van der Waals surface area contributed by atoms with Gasteiger partial charge in [0.1, 0.15) is 4.88 Å². The van der Waals surface area contributed by atoms with E-state index in [1.165, 1.54) is 11.3 Å². The Labute approximate surface area is 148 Å². The van der Waals surface area contributed by atoms with E-state index in [0.29, 0.717) is 18.0 Å². The molecular formula is C17H26BNO4S. The average Bonchev–Trinajstić information content (AvgIpc) is 3.02. The molecule has 1 aliphatic rings. The summed E-state index contributed by atoms with van der Waals surface area (Å²) in [5.74, 6) is -0.284. The number of likely N-dealkylation sites (N-methyl/N-ethyl adjacent to an activating group) is 1. The van der Waals surface area contributed by atoms with Gasteiger partial charge in [-0.1, -0.05) is 0 Å². The first-order chi connectivity index (χ1) is 11.2. The molecule has 132 valence electrons. The van der Waals surface area contributed by atoms with Gasteiger partial charge in [-0.05, 0) is 65.3 Å². The molecule has 2 rings (SSSR count). The maximum Gasteiger partial charge on any atom is 0.491 e. The van der Waals surface area contributed by atoms with E-state index in [4.69, 9.17) is 14.0 Å². The van der Waals surface area contributed by atoms with Crippen molar-refractivity contribution in [2.24, 2.45) is 0 Å². The van der Waals surface area contributed by atoms with Crippen LogP contribution in [0.25, 0.3) is 6.08 Å². The molecule has 1 saturated heterocycles. The van der Waals surface area contributed by atoms with Crippen molar-refractivity contribution in [3.8, 4) is 0 Å². The summed E-state index contributed by atoms with van der Waals surface area (Å²) in [5, 5.41) is 3.15. The minimum absolute atomic E-state index is 0.284. The first-order valence-electron chi connectivity index (χ1n) is 8.18. The fourth-order valence-corrected chi connectivity index (χ4v) is 3.20. The van der Waals surface area contributed by atoms with Crippen LogP contribution in [0.2, 0.25) is 0 Å². The molecule has 0 atom stereocenters. The largest absolute Gasteiger partial charge is 0.491 e. The van der Waals surface area contributed by atoms with Gasteiger partial charge in [-0.3, -0.25) is 0 Å². The van der Waals surface area contributed by atoms with Crippen LogP contribution in [0.1, 0.15) is 49.2 Å². The van der Waals surface area contributed by atoms with Crippen LogP contribution in [-0.4, -0.2) is 44.5 Å². The molecule has 0 aliphatic carbocycles. The summed E-state index contributed by atoms with van der Waals surface area (Å²) in [6.45, 7) is 11.0. The predicted octanol–water partition coefficient (Wildman–Crippen LogP) is 3.16. The monoisotopic (exact) mass is 351 g/mol. The van der Waals surface area contributed by atoms with Crippen LogP contribution >= 0.6 is 11.3 Å². The third kappa shape index (κ3) is 4.09. The van der Waals surface area contributed by atoms with Gasteiger partial charge in [0.2, 0.25) is 0 Å². The molecule has 0 aromatic carbocycles. The Balaban J connectivity index is 2.22. The summed E-state index contributed by atoms with van der Waals surface area (Å²) in [5.41, 5.74) is 0.236. The van der Waals surface area contributed by atoms with Crippen LogP contribution in [0, 0.1) is 0 Å². The lowest BCUT2D eigenvalue weighted by Gasteiger charge is -2.32. The standard InChI is InChI=1S/C17H26BNO4S/c1-7-21-15(20)14-9-8-13(24-14)10-12(11-19-6)18-22-16(2,3)17(4,5)23-18/h8-10,19H,7,11H2,1-6H3. The number of thiophene rings is 1. The van der Waals surface area contributed by atoms with Gasteiger partial charge in [-0.2, -0.15) is 0 Å². The second-order valence-corrected chi connectivity index (χ2v) is 7.88. The van der Waals surface area contributed by atoms with Crippen LogP contribution in [0.4, 0.5) is 0 Å². The summed E-state index contributed by atoms with van der Waals surface area (Å²) < 4.78 is 17.3. The first-order valence-corrected chi connectivity index (χ1v) is 8.99. The fourth-order valence-electron chi connectivity index (χ4n) is 2.33. The molecule has 1 aromatic heterocycles. The number of carbonyl (C=O) groups excluding carboxylic acids is 1. The Kier molecular flexibility index (Phi) is 5.91. The second kappa shape index (κ2) is 7.39. The zero-order valence-corrected chi connectivity index (χ0v) is 16.1. The molecular weight excluding hydrogens is 325 g/mol. The number of rotatable bonds is 6. The molecule has 0 amide bonds. The molecule has 0 radical (unpaired) electrons. The van der Waals surface area contributed by atoms with E-state index in [0.717, 1.165) is 10.3 Å². The average molecular weight is 351 g/mol. The van der Waals surface area contributed by atoms with Crippen LogP contribution in [0.5, 0.6) is 0 Å². The van der Waals surface area contributed by atoms with Crippen LogP contribution in [0.15, 0.2) is 17.6 Å². The molecule has 1 aromatic rings. The number of hydrogen-bond donors (Lipinski definition) is 1. The Morgan fingerprint density at radius 1 is 1.29 bits per heavy atom. The van der Waals surface area contributed by atoms with E-state index in [1.54, 1.807) is 13.0 Å². The molecule has 1 fully saturated rings. The van der Waals surface area contributed by atoms with Crippen LogP contribution in [-0.2, 0) is 14.0 Å². The number of carbonyl (C=O) groups is 1. The highest BCUT2D eigenvalue weighted by atomic mass is 32.1. The van der Waals surface area contributed by atoms with Crippen molar-refractivity contribution < 1.29 is 18.8 Å². The van der Waals surface area contributed by atoms with Crippen molar-refractivity contribution in [1.82, 2.24) is 5.32 Å². The van der Waals surface area contributed by atoms with Gasteiger partial charge in [0.25, 0.3) is 0 Å². The van der Waals surface area contributed by atoms with Gasteiger partial charge < -0.3 is 19.4 Å². The smallest absolute Gasteiger partial charge is 0.462 e. The quantitative estimate of drug-likeness (QED) is 0.630. The number of hydrogen-bond acceptors (Lipinski definition) is 6. The number of esters is 1. The zero-order valence-electron chi connectivity index (χ0n) is 15.3. The first kappa shape index (κ1) is 19.2. The molecule has 0 saturated carbocycles. The van der Waals surface area contributed by atoms with E-state index >= 15 is 0 Å². The van der Waals surface area contributed by atoms with Gasteiger partial charge in [-0.15, -0.1) is 11.3 Å². The van der Waals surface area contributed by atoms with Gasteiger partial charge in [0.05, 0.1) is 17.8 Å². The van der Waals surface area contributed by atoms with E-state index in [-0.39, 0.29) is 17.2 Å². The zero-order chi connectivity index (χ0) is 18.0. The summed E-state index contributed by atoms with van der Waals surface area (Å²) in [6.07, 6.45) is 2.02. The van der Waals surface area contributed by atoms with E-state index in [1.807, 2.05) is 46.9 Å². The van der Waals surface area contributed by atoms with Gasteiger partial charge in [0, 0.05) is 11.4 Å². The Morgan fingerprint density at radius 2 is 1.92 bits per heavy atom. The summed E-state index contributed by atoms with van der Waals surface area (Å²) in [6, 6.07) is 3.70. The highest BCUT2D eigenvalue weighted by Crippen LogP contribution is 2.39. The number of nitrogens with one attached hydrogen (secondary N) is 1. The minimum atomic E-state index is -0.407. The Bertz CT molecular complexity index is 608. The van der Waals surface area contributed by atoms with Gasteiger partial charge in [0.15, 0.2) is 0 Å². The summed E-state index contributed by atoms with van der Waals surface area (Å²) in [4.78, 5) is 13.4. The van der Waals surface area contributed by atoms with Gasteiger partial charge in [-0.25, -0.2) is 4.79 Å². The van der Waals surface area contributed by atoms with Crippen molar-refractivity contribution >= 4 is 30.5 Å². The maximum absolute atomic E-state index is 11.8. The molecule has 24 heavy (non-hydrogen) atoms. The molecule has 7 heteroatoms. The maximum atomic E-state index is 11.8. The molecule has 2 heterocycles. The lowest BCUT2D eigenvalue weighted by atomic mass is 9.77. The highest BCUT2D eigenvalue weighted by Gasteiger charge is 2.52. The summed E-state index contributed by atoms with van der Waals surface area (Å²) >= 11 is 1.40. The highest BCUT2D eigenvalue weighted by molar-refractivity contribution is 7.14. The van der Waals surface area contributed by atoms with Crippen LogP contribution < -0.4 is 5.32 Å². The second-order valence-electron chi connectivity index (χ2n) is 6.76. The van der Waals surface area contributed by atoms with E-state index in [2.05, 4.69) is 5.32 Å². The summed E-state index contributed by atoms with van der Waals surface area (Å²) in [7, 11) is 1.48. The van der Waals surface area contributed by atoms with E-state index in [9.17, 15) is 4.79 Å². The SMILES string of the molecule is CCOC(=O)c1ccc(C=C(CNC)B2OC(C)(C)C(C)(C)O2)s1. The molecule has 0 unspecified atom stereocenters. The third-order valence-corrected chi connectivity index (χ3v) is 5.38. The molecule has 5 nitrogen and oxygen atoms in total. The lowest BCUT2D eigenvalue weighted by Crippen LogP contribution is -2.41. The normalized spacial score (nSPS) is 19.6. The Hall–Kier alpha value is -1.15. The molecule has 0 spiro atoms.